The summed E-state index contributed by atoms with van der Waals surface area (Å²) in [7, 11) is 0. The third kappa shape index (κ3) is 3.76. The second-order valence-corrected chi connectivity index (χ2v) is 6.76. The van der Waals surface area contributed by atoms with Crippen LogP contribution < -0.4 is 9.64 Å². The van der Waals surface area contributed by atoms with Gasteiger partial charge in [-0.05, 0) is 41.7 Å². The first-order chi connectivity index (χ1) is 12.0. The maximum Gasteiger partial charge on any atom is 0.242 e. The van der Waals surface area contributed by atoms with E-state index in [-0.39, 0.29) is 29.6 Å². The van der Waals surface area contributed by atoms with Gasteiger partial charge in [0.15, 0.2) is 0 Å². The highest BCUT2D eigenvalue weighted by atomic mass is 35.5. The summed E-state index contributed by atoms with van der Waals surface area (Å²) in [5, 5.41) is 0. The largest absolute Gasteiger partial charge is 0.474 e. The van der Waals surface area contributed by atoms with Gasteiger partial charge in [0.2, 0.25) is 11.8 Å². The molecule has 1 aliphatic heterocycles. The van der Waals surface area contributed by atoms with Crippen molar-refractivity contribution in [1.29, 1.82) is 0 Å². The number of fused-ring (bicyclic) bond motifs is 1. The molecule has 132 valence electrons. The average molecular weight is 363 g/mol. The Morgan fingerprint density at radius 1 is 1.36 bits per heavy atom. The minimum absolute atomic E-state index is 0.0818. The smallest absolute Gasteiger partial charge is 0.242 e. The number of ether oxygens (including phenoxy) is 1. The molecule has 25 heavy (non-hydrogen) atoms. The molecule has 0 N–H and O–H groups in total. The van der Waals surface area contributed by atoms with Crippen LogP contribution in [0.5, 0.6) is 5.88 Å². The Kier molecular flexibility index (Phi) is 5.23. The predicted molar refractivity (Wildman–Crippen MR) is 95.8 cm³/mol. The molecule has 0 bridgehead atoms. The van der Waals surface area contributed by atoms with E-state index in [1.54, 1.807) is 23.2 Å². The maximum atomic E-state index is 13.1. The van der Waals surface area contributed by atoms with Crippen molar-refractivity contribution >= 4 is 23.2 Å². The zero-order valence-corrected chi connectivity index (χ0v) is 15.0. The summed E-state index contributed by atoms with van der Waals surface area (Å²) in [5.41, 5.74) is 2.54. The normalized spacial score (nSPS) is 16.5. The number of nitrogens with zero attached hydrogens (tertiary/aromatic N) is 2. The molecule has 1 amide bonds. The average Bonchev–Trinajstić information content (AvgIpc) is 2.61. The van der Waals surface area contributed by atoms with Crippen molar-refractivity contribution in [3.63, 3.8) is 0 Å². The molecule has 1 aromatic heterocycles. The topological polar surface area (TPSA) is 42.4 Å². The molecule has 6 heteroatoms. The number of alkyl halides is 1. The summed E-state index contributed by atoms with van der Waals surface area (Å²) in [5.74, 6) is 0.148. The van der Waals surface area contributed by atoms with Crippen LogP contribution in [0.4, 0.5) is 10.1 Å². The van der Waals surface area contributed by atoms with E-state index in [0.29, 0.717) is 24.6 Å². The summed E-state index contributed by atoms with van der Waals surface area (Å²) in [6, 6.07) is 8.17. The number of benzene rings is 1. The van der Waals surface area contributed by atoms with Gasteiger partial charge in [0, 0.05) is 6.20 Å². The zero-order valence-electron chi connectivity index (χ0n) is 14.2. The van der Waals surface area contributed by atoms with Crippen LogP contribution in [0.3, 0.4) is 0 Å². The van der Waals surface area contributed by atoms with E-state index in [1.165, 1.54) is 12.1 Å². The standard InChI is InChI=1S/C19H20ClFN2O2/c1-12(2)17-11-25-19-16(23(17)18(24)9-20)8-14(10-22-19)7-13-3-5-15(21)6-4-13/h3-6,8,10,12,17H,7,9,11H2,1-2H3/t17-/m1/s1. The van der Waals surface area contributed by atoms with Gasteiger partial charge in [0.1, 0.15) is 24.0 Å². The number of amides is 1. The molecule has 0 spiro atoms. The number of anilines is 1. The predicted octanol–water partition coefficient (Wildman–Crippen LogP) is 3.80. The third-order valence-corrected chi connectivity index (χ3v) is 4.57. The maximum absolute atomic E-state index is 13.1. The number of pyridine rings is 1. The van der Waals surface area contributed by atoms with Crippen LogP contribution in [-0.2, 0) is 11.2 Å². The van der Waals surface area contributed by atoms with E-state index < -0.39 is 0 Å². The van der Waals surface area contributed by atoms with E-state index >= 15 is 0 Å². The van der Waals surface area contributed by atoms with E-state index in [0.717, 1.165) is 11.1 Å². The summed E-state index contributed by atoms with van der Waals surface area (Å²) in [6.45, 7) is 4.49. The Morgan fingerprint density at radius 2 is 2.08 bits per heavy atom. The first-order valence-corrected chi connectivity index (χ1v) is 8.77. The Bertz CT molecular complexity index is 765. The highest BCUT2D eigenvalue weighted by Gasteiger charge is 2.34. The van der Waals surface area contributed by atoms with Gasteiger partial charge in [-0.25, -0.2) is 9.37 Å². The van der Waals surface area contributed by atoms with Crippen molar-refractivity contribution in [1.82, 2.24) is 4.98 Å². The number of rotatable bonds is 4. The highest BCUT2D eigenvalue weighted by molar-refractivity contribution is 6.29. The van der Waals surface area contributed by atoms with Crippen LogP contribution in [0.25, 0.3) is 0 Å². The van der Waals surface area contributed by atoms with Crippen LogP contribution in [0.2, 0.25) is 0 Å². The monoisotopic (exact) mass is 362 g/mol. The fourth-order valence-corrected chi connectivity index (χ4v) is 3.12. The van der Waals surface area contributed by atoms with Gasteiger partial charge >= 0.3 is 0 Å². The first-order valence-electron chi connectivity index (χ1n) is 8.23. The molecule has 1 atom stereocenters. The van der Waals surface area contributed by atoms with E-state index in [2.05, 4.69) is 4.98 Å². The van der Waals surface area contributed by atoms with Crippen LogP contribution in [-0.4, -0.2) is 29.4 Å². The molecule has 1 aliphatic rings. The summed E-state index contributed by atoms with van der Waals surface area (Å²) < 4.78 is 18.8. The van der Waals surface area contributed by atoms with Crippen molar-refractivity contribution in [2.75, 3.05) is 17.4 Å². The molecular formula is C19H20ClFN2O2. The Morgan fingerprint density at radius 3 is 2.72 bits per heavy atom. The van der Waals surface area contributed by atoms with Gasteiger partial charge in [0.25, 0.3) is 0 Å². The first kappa shape index (κ1) is 17.7. The zero-order chi connectivity index (χ0) is 18.0. The lowest BCUT2D eigenvalue weighted by Gasteiger charge is -2.38. The fourth-order valence-electron chi connectivity index (χ4n) is 2.99. The van der Waals surface area contributed by atoms with Crippen LogP contribution in [0.1, 0.15) is 25.0 Å². The van der Waals surface area contributed by atoms with Crippen molar-refractivity contribution in [2.45, 2.75) is 26.3 Å². The van der Waals surface area contributed by atoms with E-state index in [1.807, 2.05) is 19.9 Å². The molecule has 0 saturated carbocycles. The molecular weight excluding hydrogens is 343 g/mol. The summed E-state index contributed by atoms with van der Waals surface area (Å²) in [6.07, 6.45) is 2.32. The molecule has 0 unspecified atom stereocenters. The number of halogens is 2. The van der Waals surface area contributed by atoms with Crippen LogP contribution >= 0.6 is 11.6 Å². The van der Waals surface area contributed by atoms with Crippen molar-refractivity contribution < 1.29 is 13.9 Å². The van der Waals surface area contributed by atoms with E-state index in [4.69, 9.17) is 16.3 Å². The van der Waals surface area contributed by atoms with Gasteiger partial charge in [-0.3, -0.25) is 9.69 Å². The molecule has 0 fully saturated rings. The number of aromatic nitrogens is 1. The lowest BCUT2D eigenvalue weighted by molar-refractivity contribution is -0.117. The van der Waals surface area contributed by atoms with Gasteiger partial charge in [-0.1, -0.05) is 26.0 Å². The SMILES string of the molecule is CC(C)[C@H]1COc2ncc(Cc3ccc(F)cc3)cc2N1C(=O)CCl. The Balaban J connectivity index is 1.94. The second kappa shape index (κ2) is 7.40. The van der Waals surface area contributed by atoms with E-state index in [9.17, 15) is 9.18 Å². The number of hydrogen-bond acceptors (Lipinski definition) is 3. The lowest BCUT2D eigenvalue weighted by atomic mass is 10.00. The van der Waals surface area contributed by atoms with Crippen molar-refractivity contribution in [3.05, 3.63) is 53.5 Å². The van der Waals surface area contributed by atoms with Gasteiger partial charge in [-0.2, -0.15) is 0 Å². The minimum atomic E-state index is -0.264. The number of carbonyl (C=O) groups is 1. The van der Waals surface area contributed by atoms with Crippen molar-refractivity contribution in [2.24, 2.45) is 5.92 Å². The molecule has 2 aromatic rings. The molecule has 2 heterocycles. The summed E-state index contributed by atoms with van der Waals surface area (Å²) in [4.78, 5) is 18.5. The molecule has 0 aliphatic carbocycles. The third-order valence-electron chi connectivity index (χ3n) is 4.34. The number of hydrogen-bond donors (Lipinski definition) is 0. The molecule has 3 rings (SSSR count). The minimum Gasteiger partial charge on any atom is -0.474 e. The quantitative estimate of drug-likeness (QED) is 0.777. The Labute approximate surface area is 151 Å². The van der Waals surface area contributed by atoms with Gasteiger partial charge in [0.05, 0.1) is 6.04 Å². The second-order valence-electron chi connectivity index (χ2n) is 6.49. The number of carbonyl (C=O) groups excluding carboxylic acids is 1. The molecule has 0 radical (unpaired) electrons. The summed E-state index contributed by atoms with van der Waals surface area (Å²) >= 11 is 5.82. The van der Waals surface area contributed by atoms with Crippen molar-refractivity contribution in [3.8, 4) is 5.88 Å². The molecule has 1 aromatic carbocycles. The highest BCUT2D eigenvalue weighted by Crippen LogP contribution is 2.35. The van der Waals surface area contributed by atoms with Crippen LogP contribution in [0, 0.1) is 11.7 Å². The molecule has 4 nitrogen and oxygen atoms in total. The Hall–Kier alpha value is -2.14. The molecule has 0 saturated heterocycles. The fraction of sp³-hybridized carbons (Fsp3) is 0.368. The van der Waals surface area contributed by atoms with Gasteiger partial charge in [-0.15, -0.1) is 11.6 Å². The lowest BCUT2D eigenvalue weighted by Crippen LogP contribution is -2.50. The van der Waals surface area contributed by atoms with Crippen LogP contribution in [0.15, 0.2) is 36.5 Å². The van der Waals surface area contributed by atoms with Gasteiger partial charge < -0.3 is 4.74 Å².